The van der Waals surface area contributed by atoms with Gasteiger partial charge in [-0.05, 0) is 37.5 Å². The second kappa shape index (κ2) is 7.67. The molecule has 1 atom stereocenters. The molecule has 0 spiro atoms. The van der Waals surface area contributed by atoms with Crippen LogP contribution in [0.25, 0.3) is 0 Å². The summed E-state index contributed by atoms with van der Waals surface area (Å²) >= 11 is 0. The lowest BCUT2D eigenvalue weighted by atomic mass is 10.0. The number of carbonyl (C=O) groups is 2. The lowest BCUT2D eigenvalue weighted by Gasteiger charge is -2.17. The molecule has 0 radical (unpaired) electrons. The number of esters is 1. The molecule has 0 aromatic heterocycles. The van der Waals surface area contributed by atoms with Gasteiger partial charge in [-0.2, -0.15) is 0 Å². The standard InChI is InChI=1S/C17H21NO5/c1-11-4-5-14(8-12(11)2)13(3)18-16(19)10-23-17(20)15-9-21-6-7-22-15/h4-5,8-9,13H,6-7,10H2,1-3H3,(H,18,19)/t13-/m1/s1. The highest BCUT2D eigenvalue weighted by Gasteiger charge is 2.18. The Kier molecular flexibility index (Phi) is 5.62. The highest BCUT2D eigenvalue weighted by Crippen LogP contribution is 2.16. The Hall–Kier alpha value is -2.50. The summed E-state index contributed by atoms with van der Waals surface area (Å²) in [5.74, 6) is -1.11. The maximum absolute atomic E-state index is 11.9. The van der Waals surface area contributed by atoms with Crippen LogP contribution in [0.3, 0.4) is 0 Å². The van der Waals surface area contributed by atoms with Gasteiger partial charge < -0.3 is 19.5 Å². The number of ether oxygens (including phenoxy) is 3. The minimum atomic E-state index is -0.710. The van der Waals surface area contributed by atoms with Crippen LogP contribution < -0.4 is 5.32 Å². The summed E-state index contributed by atoms with van der Waals surface area (Å²) in [6.07, 6.45) is 1.20. The molecule has 0 fully saturated rings. The lowest BCUT2D eigenvalue weighted by molar-refractivity contribution is -0.149. The largest absolute Gasteiger partial charge is 0.493 e. The van der Waals surface area contributed by atoms with Crippen LogP contribution in [0, 0.1) is 13.8 Å². The second-order valence-corrected chi connectivity index (χ2v) is 5.41. The Morgan fingerprint density at radius 3 is 2.70 bits per heavy atom. The monoisotopic (exact) mass is 319 g/mol. The molecular weight excluding hydrogens is 298 g/mol. The van der Waals surface area contributed by atoms with Gasteiger partial charge in [0.15, 0.2) is 6.61 Å². The van der Waals surface area contributed by atoms with Crippen LogP contribution in [0.15, 0.2) is 30.2 Å². The van der Waals surface area contributed by atoms with E-state index in [0.717, 1.165) is 11.1 Å². The highest BCUT2D eigenvalue weighted by molar-refractivity contribution is 5.88. The normalized spacial score (nSPS) is 14.8. The van der Waals surface area contributed by atoms with E-state index in [4.69, 9.17) is 14.2 Å². The van der Waals surface area contributed by atoms with Gasteiger partial charge in [-0.25, -0.2) is 4.79 Å². The summed E-state index contributed by atoms with van der Waals surface area (Å²) in [6, 6.07) is 5.84. The SMILES string of the molecule is Cc1ccc([C@@H](C)NC(=O)COC(=O)C2=COCCO2)cc1C. The molecule has 6 heteroatoms. The van der Waals surface area contributed by atoms with E-state index in [0.29, 0.717) is 6.61 Å². The summed E-state index contributed by atoms with van der Waals surface area (Å²) in [7, 11) is 0. The van der Waals surface area contributed by atoms with Crippen molar-refractivity contribution >= 4 is 11.9 Å². The van der Waals surface area contributed by atoms with Crippen molar-refractivity contribution in [1.82, 2.24) is 5.32 Å². The third kappa shape index (κ3) is 4.74. The van der Waals surface area contributed by atoms with Crippen molar-refractivity contribution in [2.75, 3.05) is 19.8 Å². The van der Waals surface area contributed by atoms with E-state index in [9.17, 15) is 9.59 Å². The molecule has 1 N–H and O–H groups in total. The number of hydrogen-bond donors (Lipinski definition) is 1. The molecule has 1 aromatic rings. The molecule has 1 heterocycles. The van der Waals surface area contributed by atoms with Crippen molar-refractivity contribution in [2.45, 2.75) is 26.8 Å². The first-order chi connectivity index (χ1) is 11.0. The van der Waals surface area contributed by atoms with Gasteiger partial charge in [-0.15, -0.1) is 0 Å². The maximum Gasteiger partial charge on any atom is 0.377 e. The number of rotatable bonds is 5. The van der Waals surface area contributed by atoms with Gasteiger partial charge in [-0.1, -0.05) is 18.2 Å². The van der Waals surface area contributed by atoms with Crippen LogP contribution >= 0.6 is 0 Å². The van der Waals surface area contributed by atoms with Crippen molar-refractivity contribution in [2.24, 2.45) is 0 Å². The van der Waals surface area contributed by atoms with Crippen molar-refractivity contribution < 1.29 is 23.8 Å². The molecule has 0 saturated heterocycles. The van der Waals surface area contributed by atoms with E-state index in [2.05, 4.69) is 5.32 Å². The van der Waals surface area contributed by atoms with Crippen LogP contribution in [0.5, 0.6) is 0 Å². The van der Waals surface area contributed by atoms with Crippen LogP contribution in [-0.4, -0.2) is 31.7 Å². The Bertz CT molecular complexity index is 623. The highest BCUT2D eigenvalue weighted by atomic mass is 16.6. The molecule has 0 aliphatic carbocycles. The molecule has 1 aliphatic heterocycles. The first-order valence-electron chi connectivity index (χ1n) is 7.45. The van der Waals surface area contributed by atoms with Gasteiger partial charge in [0.25, 0.3) is 5.91 Å². The molecular formula is C17H21NO5. The summed E-state index contributed by atoms with van der Waals surface area (Å²) in [5, 5.41) is 2.79. The van der Waals surface area contributed by atoms with Gasteiger partial charge >= 0.3 is 5.97 Å². The van der Waals surface area contributed by atoms with Crippen LogP contribution in [0.4, 0.5) is 0 Å². The topological polar surface area (TPSA) is 73.9 Å². The molecule has 124 valence electrons. The zero-order valence-electron chi connectivity index (χ0n) is 13.5. The number of benzene rings is 1. The summed E-state index contributed by atoms with van der Waals surface area (Å²) < 4.78 is 14.9. The fourth-order valence-electron chi connectivity index (χ4n) is 2.08. The number of amides is 1. The van der Waals surface area contributed by atoms with Gasteiger partial charge in [0.2, 0.25) is 5.76 Å². The number of aryl methyl sites for hydroxylation is 2. The summed E-state index contributed by atoms with van der Waals surface area (Å²) in [6.45, 7) is 6.25. The molecule has 0 bridgehead atoms. The quantitative estimate of drug-likeness (QED) is 0.839. The third-order valence-electron chi connectivity index (χ3n) is 3.59. The Morgan fingerprint density at radius 2 is 2.04 bits per heavy atom. The lowest BCUT2D eigenvalue weighted by Crippen LogP contribution is -2.31. The number of hydrogen-bond acceptors (Lipinski definition) is 5. The molecule has 6 nitrogen and oxygen atoms in total. The number of nitrogens with one attached hydrogen (secondary N) is 1. The van der Waals surface area contributed by atoms with Gasteiger partial charge in [0.05, 0.1) is 6.04 Å². The predicted octanol–water partition coefficient (Wildman–Crippen LogP) is 1.91. The Labute approximate surface area is 135 Å². The first-order valence-corrected chi connectivity index (χ1v) is 7.45. The van der Waals surface area contributed by atoms with E-state index in [1.54, 1.807) is 0 Å². The molecule has 0 saturated carbocycles. The fourth-order valence-corrected chi connectivity index (χ4v) is 2.08. The average Bonchev–Trinajstić information content (AvgIpc) is 2.55. The summed E-state index contributed by atoms with van der Waals surface area (Å²) in [5.41, 5.74) is 3.36. The molecule has 1 aromatic carbocycles. The molecule has 0 unspecified atom stereocenters. The molecule has 1 aliphatic rings. The van der Waals surface area contributed by atoms with Gasteiger partial charge in [-0.3, -0.25) is 4.79 Å². The molecule has 23 heavy (non-hydrogen) atoms. The van der Waals surface area contributed by atoms with Crippen molar-refractivity contribution in [3.8, 4) is 0 Å². The van der Waals surface area contributed by atoms with Crippen LogP contribution in [0.2, 0.25) is 0 Å². The predicted molar refractivity (Wildman–Crippen MR) is 83.4 cm³/mol. The smallest absolute Gasteiger partial charge is 0.377 e. The minimum absolute atomic E-state index is 0.0220. The molecule has 1 amide bonds. The van der Waals surface area contributed by atoms with Gasteiger partial charge in [0, 0.05) is 0 Å². The second-order valence-electron chi connectivity index (χ2n) is 5.41. The molecule has 2 rings (SSSR count). The van der Waals surface area contributed by atoms with Crippen LogP contribution in [0.1, 0.15) is 29.7 Å². The van der Waals surface area contributed by atoms with Gasteiger partial charge in [0.1, 0.15) is 19.5 Å². The zero-order chi connectivity index (χ0) is 16.8. The Morgan fingerprint density at radius 1 is 1.26 bits per heavy atom. The van der Waals surface area contributed by atoms with Crippen LogP contribution in [-0.2, 0) is 23.8 Å². The first kappa shape index (κ1) is 16.9. The van der Waals surface area contributed by atoms with E-state index in [1.165, 1.54) is 11.8 Å². The third-order valence-corrected chi connectivity index (χ3v) is 3.59. The average molecular weight is 319 g/mol. The van der Waals surface area contributed by atoms with Crippen molar-refractivity contribution in [1.29, 1.82) is 0 Å². The summed E-state index contributed by atoms with van der Waals surface area (Å²) in [4.78, 5) is 23.6. The minimum Gasteiger partial charge on any atom is -0.493 e. The van der Waals surface area contributed by atoms with Crippen molar-refractivity contribution in [3.05, 3.63) is 46.9 Å². The number of carbonyl (C=O) groups excluding carboxylic acids is 2. The maximum atomic E-state index is 11.9. The zero-order valence-corrected chi connectivity index (χ0v) is 13.5. The van der Waals surface area contributed by atoms with E-state index in [1.807, 2.05) is 39.0 Å². The van der Waals surface area contributed by atoms with Crippen molar-refractivity contribution in [3.63, 3.8) is 0 Å². The van der Waals surface area contributed by atoms with E-state index < -0.39 is 5.97 Å². The van der Waals surface area contributed by atoms with E-state index in [-0.39, 0.29) is 30.9 Å². The van der Waals surface area contributed by atoms with E-state index >= 15 is 0 Å². The fraction of sp³-hybridized carbons (Fsp3) is 0.412. The Balaban J connectivity index is 1.83.